The van der Waals surface area contributed by atoms with Gasteiger partial charge in [-0.25, -0.2) is 0 Å². The first-order valence-corrected chi connectivity index (χ1v) is 9.51. The number of nitrogens with zero attached hydrogens (tertiary/aromatic N) is 6. The quantitative estimate of drug-likeness (QED) is 0.174. The van der Waals surface area contributed by atoms with Crippen LogP contribution in [0.1, 0.15) is 0 Å². The SMILES string of the molecule is O=[N+]([O-])[Ir-3]([N+](=O)[O-])([N+](=O)[O-])([N+](=O)[O-])([N+](=O)[O-])[N+](=O)[O-].[Na+].[Na+].[Na+]. The van der Waals surface area contributed by atoms with Crippen molar-refractivity contribution in [2.24, 2.45) is 0 Å². The van der Waals surface area contributed by atoms with Gasteiger partial charge in [-0.05, 0) is 0 Å². The van der Waals surface area contributed by atoms with Crippen LogP contribution in [0.15, 0.2) is 0 Å². The van der Waals surface area contributed by atoms with Crippen molar-refractivity contribution in [3.8, 4) is 0 Å². The Kier molecular flexibility index (Phi) is 10.6. The fourth-order valence-electron chi connectivity index (χ4n) is 0.667. The molecule has 0 saturated carbocycles. The Bertz CT molecular complexity index is 438. The van der Waals surface area contributed by atoms with Gasteiger partial charge >= 0.3 is 185 Å². The van der Waals surface area contributed by atoms with Crippen LogP contribution in [0, 0.1) is 60.7 Å². The molecule has 0 fully saturated rings. The van der Waals surface area contributed by atoms with Crippen LogP contribution in [-0.2, 0) is 14.3 Å². The summed E-state index contributed by atoms with van der Waals surface area (Å²) in [5.74, 6) is 0. The summed E-state index contributed by atoms with van der Waals surface area (Å²) in [5, 5.41) is 63.3. The van der Waals surface area contributed by atoms with E-state index in [1.165, 1.54) is 0 Å². The van der Waals surface area contributed by atoms with Crippen molar-refractivity contribution in [1.29, 1.82) is 0 Å². The summed E-state index contributed by atoms with van der Waals surface area (Å²) in [7, 11) is 0. The minimum Gasteiger partial charge on any atom is 1.00 e. The van der Waals surface area contributed by atoms with E-state index < -0.39 is 35.9 Å². The molecule has 22 heavy (non-hydrogen) atoms. The van der Waals surface area contributed by atoms with Crippen molar-refractivity contribution in [2.45, 2.75) is 0 Å². The van der Waals surface area contributed by atoms with Crippen molar-refractivity contribution >= 4 is 0 Å². The van der Waals surface area contributed by atoms with E-state index in [0.29, 0.717) is 0 Å². The van der Waals surface area contributed by atoms with Gasteiger partial charge in [0.15, 0.2) is 0 Å². The Morgan fingerprint density at radius 1 is 0.409 bits per heavy atom. The maximum Gasteiger partial charge on any atom is 1.00 e. The average Bonchev–Trinajstić information content (AvgIpc) is 2.15. The van der Waals surface area contributed by atoms with Crippen molar-refractivity contribution in [3.05, 3.63) is 60.7 Å². The monoisotopic (exact) mass is 538 g/mol. The standard InChI is InChI=1S/Ir.6NO2.3Na/c;6*2-1-3;;;/q-3;;;;;;;3*+1. The summed E-state index contributed by atoms with van der Waals surface area (Å²) in [5.41, 5.74) is 0. The largest absolute Gasteiger partial charge is 1.00 e. The minimum absolute atomic E-state index is 0. The maximum atomic E-state index is 10.6. The van der Waals surface area contributed by atoms with Gasteiger partial charge in [0.25, 0.3) is 0 Å². The van der Waals surface area contributed by atoms with Crippen LogP contribution in [-0.4, -0.2) is 21.6 Å². The van der Waals surface area contributed by atoms with Gasteiger partial charge in [-0.2, -0.15) is 0 Å². The van der Waals surface area contributed by atoms with E-state index in [2.05, 4.69) is 0 Å². The van der Waals surface area contributed by atoms with Crippen LogP contribution in [0.4, 0.5) is 0 Å². The molecule has 0 aromatic heterocycles. The third kappa shape index (κ3) is 2.02. The number of nitro groups is 6. The Balaban J connectivity index is -0.000000540. The zero-order chi connectivity index (χ0) is 15.9. The molecule has 0 aliphatic carbocycles. The molecule has 0 radical (unpaired) electrons. The van der Waals surface area contributed by atoms with Crippen LogP contribution < -0.4 is 88.7 Å². The van der Waals surface area contributed by atoms with E-state index in [9.17, 15) is 60.7 Å². The Hall–Kier alpha value is 0.0494. The van der Waals surface area contributed by atoms with E-state index in [0.717, 1.165) is 0 Å². The summed E-state index contributed by atoms with van der Waals surface area (Å²) in [6.45, 7) is 0. The zero-order valence-corrected chi connectivity index (χ0v) is 19.3. The molecule has 0 aromatic rings. The second-order valence-electron chi connectivity index (χ2n) is 2.18. The van der Waals surface area contributed by atoms with E-state index in [1.807, 2.05) is 0 Å². The van der Waals surface area contributed by atoms with Gasteiger partial charge in [-0.1, -0.05) is 0 Å². The summed E-state index contributed by atoms with van der Waals surface area (Å²) >= 11 is -11.1. The summed E-state index contributed by atoms with van der Waals surface area (Å²) in [6, 6.07) is 0. The van der Waals surface area contributed by atoms with E-state index >= 15 is 0 Å². The molecule has 0 aromatic carbocycles. The molecule has 0 saturated heterocycles. The van der Waals surface area contributed by atoms with Crippen molar-refractivity contribution in [1.82, 2.24) is 0 Å². The Labute approximate surface area is 183 Å². The fraction of sp³-hybridized carbons (Fsp3) is 0. The molecule has 114 valence electrons. The molecular formula is IrN6Na3O12. The number of hydrogen-bond acceptors (Lipinski definition) is 12. The molecule has 0 atom stereocenters. The van der Waals surface area contributed by atoms with Gasteiger partial charge in [0.2, 0.25) is 0 Å². The Morgan fingerprint density at radius 3 is 0.500 bits per heavy atom. The molecule has 0 aliphatic rings. The van der Waals surface area contributed by atoms with Crippen LogP contribution in [0.3, 0.4) is 0 Å². The molecule has 0 N–H and O–H groups in total. The van der Waals surface area contributed by atoms with Gasteiger partial charge in [-0.15, -0.1) is 0 Å². The van der Waals surface area contributed by atoms with Gasteiger partial charge < -0.3 is 0 Å². The van der Waals surface area contributed by atoms with Crippen LogP contribution >= 0.6 is 0 Å². The predicted octanol–water partition coefficient (Wildman–Crippen LogP) is -10.6. The van der Waals surface area contributed by atoms with Gasteiger partial charge in [-0.3, -0.25) is 0 Å². The number of rotatable bonds is 6. The molecular weight excluding hydrogens is 537 g/mol. The van der Waals surface area contributed by atoms with Gasteiger partial charge in [0.1, 0.15) is 0 Å². The summed E-state index contributed by atoms with van der Waals surface area (Å²) in [6.07, 6.45) is 0. The van der Waals surface area contributed by atoms with E-state index in [4.69, 9.17) is 0 Å². The summed E-state index contributed by atoms with van der Waals surface area (Å²) in [4.78, 5) is 63.3. The van der Waals surface area contributed by atoms with Crippen LogP contribution in [0.5, 0.6) is 0 Å². The third-order valence-corrected chi connectivity index (χ3v) is 13.4. The molecule has 0 rings (SSSR count). The van der Waals surface area contributed by atoms with Crippen LogP contribution in [0.2, 0.25) is 0 Å². The average molecular weight is 537 g/mol. The fourth-order valence-corrected chi connectivity index (χ4v) is 5.46. The first kappa shape index (κ1) is 30.0. The molecule has 22 heteroatoms. The zero-order valence-electron chi connectivity index (χ0n) is 10.9. The molecule has 0 aliphatic heterocycles. The summed E-state index contributed by atoms with van der Waals surface area (Å²) < 4.78 is -19.2. The van der Waals surface area contributed by atoms with Crippen molar-refractivity contribution in [2.75, 3.05) is 0 Å². The van der Waals surface area contributed by atoms with E-state index in [-0.39, 0.29) is 88.7 Å². The predicted molar refractivity (Wildman–Crippen MR) is 42.0 cm³/mol. The second kappa shape index (κ2) is 7.75. The normalized spacial score (nSPS) is 12.5. The molecule has 0 heterocycles. The first-order valence-electron chi connectivity index (χ1n) is 3.09. The first-order chi connectivity index (χ1) is 8.34. The smallest absolute Gasteiger partial charge is 1.00 e. The molecule has 0 spiro atoms. The maximum absolute atomic E-state index is 11.1. The van der Waals surface area contributed by atoms with Gasteiger partial charge in [0, 0.05) is 0 Å². The third-order valence-electron chi connectivity index (χ3n) is 1.63. The van der Waals surface area contributed by atoms with Crippen molar-refractivity contribution in [3.63, 3.8) is 0 Å². The molecule has 0 amide bonds. The van der Waals surface area contributed by atoms with E-state index in [1.54, 1.807) is 0 Å². The Morgan fingerprint density at radius 2 is 0.500 bits per heavy atom. The molecule has 0 unspecified atom stereocenters. The van der Waals surface area contributed by atoms with Crippen molar-refractivity contribution < 1.29 is 125 Å². The second-order valence-corrected chi connectivity index (χ2v) is 14.6. The van der Waals surface area contributed by atoms with Gasteiger partial charge in [0.05, 0.1) is 0 Å². The molecule has 0 bridgehead atoms. The number of hydrogen-bond donors (Lipinski definition) is 0. The van der Waals surface area contributed by atoms with Crippen LogP contribution in [0.25, 0.3) is 0 Å². The topological polar surface area (TPSA) is 259 Å². The minimum atomic E-state index is -11.1. The molecule has 18 nitrogen and oxygen atoms in total.